The molecule has 1 aromatic rings. The molecule has 2 aliphatic heterocycles. The molecular weight excluding hydrogens is 272 g/mol. The molecule has 3 rings (SSSR count). The van der Waals surface area contributed by atoms with Gasteiger partial charge in [-0.2, -0.15) is 0 Å². The Balaban J connectivity index is 1.93. The van der Waals surface area contributed by atoms with Gasteiger partial charge >= 0.3 is 0 Å². The standard InChI is InChI=1S/C14H24O3Si2/c1-18(9-5-3-7-16-18)13-11-15-12-14(13)19(2)10-6-4-8-17-19/h11-12H,3-10H2,1-2H3. The Hall–Kier alpha value is -0.366. The third-order valence-corrected chi connectivity index (χ3v) is 12.3. The molecule has 0 N–H and O–H groups in total. The summed E-state index contributed by atoms with van der Waals surface area (Å²) in [4.78, 5) is 0. The zero-order valence-electron chi connectivity index (χ0n) is 12.0. The van der Waals surface area contributed by atoms with Gasteiger partial charge in [0.05, 0.1) is 12.5 Å². The summed E-state index contributed by atoms with van der Waals surface area (Å²) >= 11 is 0. The molecule has 0 radical (unpaired) electrons. The molecule has 0 aliphatic carbocycles. The van der Waals surface area contributed by atoms with Crippen LogP contribution in [0.5, 0.6) is 0 Å². The summed E-state index contributed by atoms with van der Waals surface area (Å²) in [5.74, 6) is 0. The second kappa shape index (κ2) is 5.20. The fraction of sp³-hybridized carbons (Fsp3) is 0.714. The first-order valence-corrected chi connectivity index (χ1v) is 12.7. The molecule has 106 valence electrons. The SMILES string of the molecule is C[Si]1(c2cocc2[Si]2(C)CCCCO2)CCCCO1. The highest BCUT2D eigenvalue weighted by atomic mass is 28.4. The van der Waals surface area contributed by atoms with E-state index in [9.17, 15) is 0 Å². The van der Waals surface area contributed by atoms with Crippen LogP contribution in [-0.4, -0.2) is 29.8 Å². The van der Waals surface area contributed by atoms with Crippen molar-refractivity contribution in [3.8, 4) is 0 Å². The van der Waals surface area contributed by atoms with Crippen LogP contribution >= 0.6 is 0 Å². The van der Waals surface area contributed by atoms with E-state index >= 15 is 0 Å². The molecule has 1 aromatic heterocycles. The van der Waals surface area contributed by atoms with Gasteiger partial charge in [0, 0.05) is 23.6 Å². The quantitative estimate of drug-likeness (QED) is 0.786. The summed E-state index contributed by atoms with van der Waals surface area (Å²) in [6, 6.07) is 2.45. The van der Waals surface area contributed by atoms with Crippen molar-refractivity contribution in [1.29, 1.82) is 0 Å². The van der Waals surface area contributed by atoms with Crippen LogP contribution in [0.25, 0.3) is 0 Å². The Morgan fingerprint density at radius 2 is 1.26 bits per heavy atom. The Bertz CT molecular complexity index is 393. The number of furan rings is 1. The van der Waals surface area contributed by atoms with Gasteiger partial charge < -0.3 is 13.3 Å². The monoisotopic (exact) mass is 296 g/mol. The maximum Gasteiger partial charge on any atom is 0.224 e. The van der Waals surface area contributed by atoms with Crippen LogP contribution in [0.2, 0.25) is 25.2 Å². The van der Waals surface area contributed by atoms with E-state index in [-0.39, 0.29) is 0 Å². The molecule has 2 aliphatic rings. The van der Waals surface area contributed by atoms with Crippen molar-refractivity contribution in [2.75, 3.05) is 13.2 Å². The van der Waals surface area contributed by atoms with E-state index in [2.05, 4.69) is 13.1 Å². The van der Waals surface area contributed by atoms with E-state index < -0.39 is 16.6 Å². The number of hydrogen-bond acceptors (Lipinski definition) is 3. The lowest BCUT2D eigenvalue weighted by atomic mass is 10.4. The van der Waals surface area contributed by atoms with Crippen molar-refractivity contribution in [3.05, 3.63) is 12.5 Å². The molecule has 19 heavy (non-hydrogen) atoms. The lowest BCUT2D eigenvalue weighted by Gasteiger charge is -2.36. The van der Waals surface area contributed by atoms with E-state index in [1.165, 1.54) is 48.1 Å². The summed E-state index contributed by atoms with van der Waals surface area (Å²) in [7, 11) is -3.55. The first-order chi connectivity index (χ1) is 9.14. The Morgan fingerprint density at radius 3 is 1.63 bits per heavy atom. The van der Waals surface area contributed by atoms with E-state index in [1.54, 1.807) is 0 Å². The minimum absolute atomic E-state index is 0.923. The molecule has 3 heterocycles. The molecule has 0 spiro atoms. The van der Waals surface area contributed by atoms with Crippen molar-refractivity contribution in [3.63, 3.8) is 0 Å². The summed E-state index contributed by atoms with van der Waals surface area (Å²) in [6.07, 6.45) is 8.94. The van der Waals surface area contributed by atoms with Crippen molar-refractivity contribution < 1.29 is 13.3 Å². The first-order valence-electron chi connectivity index (χ1n) is 7.49. The van der Waals surface area contributed by atoms with E-state index in [0.717, 1.165) is 13.2 Å². The van der Waals surface area contributed by atoms with Gasteiger partial charge in [-0.15, -0.1) is 0 Å². The molecule has 0 amide bonds. The van der Waals surface area contributed by atoms with Gasteiger partial charge in [-0.05, 0) is 38.0 Å². The third-order valence-electron chi connectivity index (χ3n) is 4.74. The molecule has 2 saturated heterocycles. The van der Waals surface area contributed by atoms with E-state index in [0.29, 0.717) is 0 Å². The molecule has 2 atom stereocenters. The molecule has 0 saturated carbocycles. The van der Waals surface area contributed by atoms with Gasteiger partial charge in [-0.3, -0.25) is 0 Å². The number of rotatable bonds is 2. The van der Waals surface area contributed by atoms with E-state index in [1.807, 2.05) is 12.5 Å². The number of hydrogen-bond donors (Lipinski definition) is 0. The average Bonchev–Trinajstić information content (AvgIpc) is 2.91. The van der Waals surface area contributed by atoms with Gasteiger partial charge in [0.25, 0.3) is 0 Å². The van der Waals surface area contributed by atoms with Gasteiger partial charge in [-0.1, -0.05) is 12.8 Å². The predicted octanol–water partition coefficient (Wildman–Crippen LogP) is 2.46. The Morgan fingerprint density at radius 1 is 0.789 bits per heavy atom. The van der Waals surface area contributed by atoms with Gasteiger partial charge in [0.2, 0.25) is 16.6 Å². The average molecular weight is 297 g/mol. The van der Waals surface area contributed by atoms with Crippen LogP contribution in [0, 0.1) is 0 Å². The summed E-state index contributed by atoms with van der Waals surface area (Å²) < 4.78 is 18.1. The van der Waals surface area contributed by atoms with Gasteiger partial charge in [0.1, 0.15) is 0 Å². The normalized spacial score (nSPS) is 36.3. The predicted molar refractivity (Wildman–Crippen MR) is 81.2 cm³/mol. The maximum absolute atomic E-state index is 6.23. The Labute approximate surface area is 117 Å². The molecule has 0 bridgehead atoms. The zero-order chi connectivity index (χ0) is 13.3. The molecular formula is C14H24O3Si2. The second-order valence-electron chi connectivity index (χ2n) is 6.27. The minimum atomic E-state index is -1.78. The highest BCUT2D eigenvalue weighted by Gasteiger charge is 2.44. The fourth-order valence-electron chi connectivity index (χ4n) is 3.41. The van der Waals surface area contributed by atoms with E-state index in [4.69, 9.17) is 13.3 Å². The van der Waals surface area contributed by atoms with Crippen molar-refractivity contribution >= 4 is 27.0 Å². The summed E-state index contributed by atoms with van der Waals surface area (Å²) in [5.41, 5.74) is 0. The summed E-state index contributed by atoms with van der Waals surface area (Å²) in [5, 5.41) is 2.78. The summed E-state index contributed by atoms with van der Waals surface area (Å²) in [6.45, 7) is 6.54. The van der Waals surface area contributed by atoms with Gasteiger partial charge in [0.15, 0.2) is 0 Å². The maximum atomic E-state index is 6.23. The molecule has 5 heteroatoms. The fourth-order valence-corrected chi connectivity index (χ4v) is 11.1. The zero-order valence-corrected chi connectivity index (χ0v) is 14.0. The minimum Gasteiger partial charge on any atom is -0.473 e. The molecule has 3 nitrogen and oxygen atoms in total. The van der Waals surface area contributed by atoms with Crippen LogP contribution < -0.4 is 10.4 Å². The molecule has 2 unspecified atom stereocenters. The highest BCUT2D eigenvalue weighted by molar-refractivity contribution is 6.95. The van der Waals surface area contributed by atoms with Gasteiger partial charge in [-0.25, -0.2) is 0 Å². The molecule has 0 aromatic carbocycles. The molecule has 2 fully saturated rings. The lowest BCUT2D eigenvalue weighted by Crippen LogP contribution is -2.63. The van der Waals surface area contributed by atoms with Crippen LogP contribution in [0.3, 0.4) is 0 Å². The van der Waals surface area contributed by atoms with Crippen molar-refractivity contribution in [2.45, 2.75) is 50.9 Å². The topological polar surface area (TPSA) is 31.6 Å². The van der Waals surface area contributed by atoms with Crippen LogP contribution in [0.4, 0.5) is 0 Å². The van der Waals surface area contributed by atoms with Crippen LogP contribution in [0.15, 0.2) is 16.9 Å². The Kier molecular flexibility index (Phi) is 3.72. The van der Waals surface area contributed by atoms with Crippen LogP contribution in [0.1, 0.15) is 25.7 Å². The lowest BCUT2D eigenvalue weighted by molar-refractivity contribution is 0.277. The van der Waals surface area contributed by atoms with Crippen LogP contribution in [-0.2, 0) is 8.85 Å². The first kappa shape index (κ1) is 13.6. The third kappa shape index (κ3) is 2.49. The largest absolute Gasteiger partial charge is 0.473 e. The smallest absolute Gasteiger partial charge is 0.224 e. The second-order valence-corrected chi connectivity index (χ2v) is 13.9. The van der Waals surface area contributed by atoms with Crippen molar-refractivity contribution in [2.24, 2.45) is 0 Å². The van der Waals surface area contributed by atoms with Crippen molar-refractivity contribution in [1.82, 2.24) is 0 Å². The highest BCUT2D eigenvalue weighted by Crippen LogP contribution is 2.25.